The van der Waals surface area contributed by atoms with Gasteiger partial charge in [-0.2, -0.15) is 0 Å². The number of hydrogen-bond acceptors (Lipinski definition) is 5. The van der Waals surface area contributed by atoms with Gasteiger partial charge >= 0.3 is 0 Å². The maximum absolute atomic E-state index is 12.2. The van der Waals surface area contributed by atoms with Crippen molar-refractivity contribution in [1.82, 2.24) is 10.3 Å². The minimum Gasteiger partial charge on any atom is -0.493 e. The Morgan fingerprint density at radius 1 is 0.931 bits per heavy atom. The van der Waals surface area contributed by atoms with E-state index < -0.39 is 0 Å². The third-order valence-corrected chi connectivity index (χ3v) is 4.48. The third kappa shape index (κ3) is 5.72. The van der Waals surface area contributed by atoms with Gasteiger partial charge in [0.05, 0.1) is 26.1 Å². The molecule has 0 bridgehead atoms. The number of carbonyl (C=O) groups excluding carboxylic acids is 1. The van der Waals surface area contributed by atoms with Crippen LogP contribution in [0.25, 0.3) is 0 Å². The lowest BCUT2D eigenvalue weighted by molar-refractivity contribution is 0.0949. The van der Waals surface area contributed by atoms with Gasteiger partial charge in [0.25, 0.3) is 5.91 Å². The van der Waals surface area contributed by atoms with Crippen molar-refractivity contribution in [3.8, 4) is 11.5 Å². The lowest BCUT2D eigenvalue weighted by Crippen LogP contribution is -2.26. The zero-order valence-corrected chi connectivity index (χ0v) is 16.6. The first-order chi connectivity index (χ1) is 14.2. The number of hydrogen-bond donors (Lipinski definition) is 2. The smallest absolute Gasteiger partial charge is 0.269 e. The van der Waals surface area contributed by atoms with Crippen LogP contribution in [-0.4, -0.2) is 31.7 Å². The molecule has 6 heteroatoms. The van der Waals surface area contributed by atoms with Gasteiger partial charge < -0.3 is 20.1 Å². The van der Waals surface area contributed by atoms with Crippen LogP contribution in [-0.2, 0) is 13.0 Å². The minimum atomic E-state index is -0.174. The molecule has 150 valence electrons. The van der Waals surface area contributed by atoms with Crippen LogP contribution in [0.4, 0.5) is 5.69 Å². The molecular weight excluding hydrogens is 366 g/mol. The fourth-order valence-electron chi connectivity index (χ4n) is 2.88. The number of benzene rings is 2. The van der Waals surface area contributed by atoms with E-state index in [0.29, 0.717) is 30.3 Å². The van der Waals surface area contributed by atoms with E-state index in [1.165, 1.54) is 5.56 Å². The fraction of sp³-hybridized carbons (Fsp3) is 0.217. The number of anilines is 1. The van der Waals surface area contributed by atoms with Gasteiger partial charge in [-0.1, -0.05) is 36.4 Å². The Morgan fingerprint density at radius 3 is 2.41 bits per heavy atom. The van der Waals surface area contributed by atoms with Crippen molar-refractivity contribution in [1.29, 1.82) is 0 Å². The molecule has 0 saturated carbocycles. The number of pyridine rings is 1. The van der Waals surface area contributed by atoms with Crippen LogP contribution >= 0.6 is 0 Å². The molecule has 1 aromatic heterocycles. The second kappa shape index (κ2) is 10.1. The van der Waals surface area contributed by atoms with Crippen molar-refractivity contribution >= 4 is 11.6 Å². The van der Waals surface area contributed by atoms with Gasteiger partial charge in [0, 0.05) is 13.1 Å². The summed E-state index contributed by atoms with van der Waals surface area (Å²) in [5.74, 6) is 1.21. The lowest BCUT2D eigenvalue weighted by atomic mass is 10.1. The first kappa shape index (κ1) is 20.2. The van der Waals surface area contributed by atoms with Gasteiger partial charge in [0.15, 0.2) is 11.5 Å². The molecule has 6 nitrogen and oxygen atoms in total. The predicted molar refractivity (Wildman–Crippen MR) is 114 cm³/mol. The zero-order chi connectivity index (χ0) is 20.5. The first-order valence-corrected chi connectivity index (χ1v) is 9.42. The van der Waals surface area contributed by atoms with E-state index in [0.717, 1.165) is 17.7 Å². The second-order valence-corrected chi connectivity index (χ2v) is 6.47. The van der Waals surface area contributed by atoms with E-state index >= 15 is 0 Å². The molecular formula is C23H25N3O3. The molecule has 29 heavy (non-hydrogen) atoms. The highest BCUT2D eigenvalue weighted by atomic mass is 16.5. The molecule has 1 amide bonds. The van der Waals surface area contributed by atoms with E-state index in [-0.39, 0.29) is 5.91 Å². The Bertz CT molecular complexity index is 928. The van der Waals surface area contributed by atoms with Crippen LogP contribution in [0, 0.1) is 0 Å². The predicted octanol–water partition coefficient (Wildman–Crippen LogP) is 3.68. The quantitative estimate of drug-likeness (QED) is 0.582. The average Bonchev–Trinajstić information content (AvgIpc) is 2.78. The first-order valence-electron chi connectivity index (χ1n) is 9.42. The van der Waals surface area contributed by atoms with E-state index in [2.05, 4.69) is 15.6 Å². The highest BCUT2D eigenvalue weighted by Gasteiger charge is 2.07. The molecule has 0 saturated heterocycles. The molecule has 0 atom stereocenters. The molecule has 0 aliphatic carbocycles. The van der Waals surface area contributed by atoms with Gasteiger partial charge in [-0.15, -0.1) is 0 Å². The van der Waals surface area contributed by atoms with Crippen LogP contribution in [0.2, 0.25) is 0 Å². The van der Waals surface area contributed by atoms with Crippen LogP contribution in [0.5, 0.6) is 11.5 Å². The van der Waals surface area contributed by atoms with Crippen LogP contribution < -0.4 is 20.1 Å². The molecule has 0 unspecified atom stereocenters. The van der Waals surface area contributed by atoms with Crippen molar-refractivity contribution < 1.29 is 14.3 Å². The number of nitrogens with zero attached hydrogens (tertiary/aromatic N) is 1. The number of amides is 1. The Hall–Kier alpha value is -3.54. The minimum absolute atomic E-state index is 0.174. The van der Waals surface area contributed by atoms with Crippen molar-refractivity contribution in [2.45, 2.75) is 13.0 Å². The summed E-state index contributed by atoms with van der Waals surface area (Å²) in [6.45, 7) is 1.18. The molecule has 0 radical (unpaired) electrons. The van der Waals surface area contributed by atoms with Crippen molar-refractivity contribution in [2.75, 3.05) is 26.1 Å². The number of aromatic nitrogens is 1. The molecule has 3 aromatic rings. The maximum atomic E-state index is 12.2. The largest absolute Gasteiger partial charge is 0.493 e. The third-order valence-electron chi connectivity index (χ3n) is 4.48. The molecule has 2 N–H and O–H groups in total. The van der Waals surface area contributed by atoms with E-state index in [9.17, 15) is 4.79 Å². The van der Waals surface area contributed by atoms with Crippen molar-refractivity contribution in [2.24, 2.45) is 0 Å². The van der Waals surface area contributed by atoms with Gasteiger partial charge in [-0.3, -0.25) is 4.79 Å². The summed E-state index contributed by atoms with van der Waals surface area (Å²) in [4.78, 5) is 16.5. The average molecular weight is 391 g/mol. The SMILES string of the molecule is COc1ccc(CNc2ccc(C(=O)NCCc3ccccc3)nc2)cc1OC. The van der Waals surface area contributed by atoms with Gasteiger partial charge in [0.1, 0.15) is 5.69 Å². The molecule has 0 aliphatic rings. The monoisotopic (exact) mass is 391 g/mol. The van der Waals surface area contributed by atoms with E-state index in [1.54, 1.807) is 26.5 Å². The Balaban J connectivity index is 1.50. The maximum Gasteiger partial charge on any atom is 0.269 e. The number of nitrogens with one attached hydrogen (secondary N) is 2. The van der Waals surface area contributed by atoms with Gasteiger partial charge in [-0.25, -0.2) is 4.98 Å². The summed E-state index contributed by atoms with van der Waals surface area (Å²) >= 11 is 0. The van der Waals surface area contributed by atoms with Gasteiger partial charge in [-0.05, 0) is 41.8 Å². The topological polar surface area (TPSA) is 72.5 Å². The number of methoxy groups -OCH3 is 2. The Kier molecular flexibility index (Phi) is 7.05. The summed E-state index contributed by atoms with van der Waals surface area (Å²) in [7, 11) is 3.23. The molecule has 0 spiro atoms. The van der Waals surface area contributed by atoms with Gasteiger partial charge in [0.2, 0.25) is 0 Å². The number of rotatable bonds is 9. The summed E-state index contributed by atoms with van der Waals surface area (Å²) in [6, 6.07) is 19.4. The van der Waals surface area contributed by atoms with Crippen LogP contribution in [0.1, 0.15) is 21.6 Å². The summed E-state index contributed by atoms with van der Waals surface area (Å²) in [5, 5.41) is 6.19. The van der Waals surface area contributed by atoms with Crippen LogP contribution in [0.15, 0.2) is 66.9 Å². The van der Waals surface area contributed by atoms with Crippen molar-refractivity contribution in [3.63, 3.8) is 0 Å². The highest BCUT2D eigenvalue weighted by Crippen LogP contribution is 2.27. The molecule has 2 aromatic carbocycles. The van der Waals surface area contributed by atoms with Crippen molar-refractivity contribution in [3.05, 3.63) is 83.7 Å². The number of ether oxygens (including phenoxy) is 2. The fourth-order valence-corrected chi connectivity index (χ4v) is 2.88. The Labute approximate surface area is 170 Å². The molecule has 1 heterocycles. The van der Waals surface area contributed by atoms with E-state index in [4.69, 9.17) is 9.47 Å². The normalized spacial score (nSPS) is 10.3. The Morgan fingerprint density at radius 2 is 1.72 bits per heavy atom. The molecule has 3 rings (SSSR count). The number of carbonyl (C=O) groups is 1. The summed E-state index contributed by atoms with van der Waals surface area (Å²) < 4.78 is 10.6. The lowest BCUT2D eigenvalue weighted by Gasteiger charge is -2.11. The standard InChI is InChI=1S/C23H25N3O3/c1-28-21-11-8-18(14-22(21)29-2)15-25-19-9-10-20(26-16-19)23(27)24-13-12-17-6-4-3-5-7-17/h3-11,14,16,25H,12-13,15H2,1-2H3,(H,24,27). The van der Waals surface area contributed by atoms with Crippen LogP contribution in [0.3, 0.4) is 0 Å². The molecule has 0 aliphatic heterocycles. The van der Waals surface area contributed by atoms with E-state index in [1.807, 2.05) is 54.6 Å². The second-order valence-electron chi connectivity index (χ2n) is 6.47. The summed E-state index contributed by atoms with van der Waals surface area (Å²) in [6.07, 6.45) is 2.45. The summed E-state index contributed by atoms with van der Waals surface area (Å²) in [5.41, 5.74) is 3.47. The molecule has 0 fully saturated rings. The highest BCUT2D eigenvalue weighted by molar-refractivity contribution is 5.92. The zero-order valence-electron chi connectivity index (χ0n) is 16.6.